The summed E-state index contributed by atoms with van der Waals surface area (Å²) >= 11 is 0. The third kappa shape index (κ3) is 3.43. The molecule has 2 aromatic heterocycles. The summed E-state index contributed by atoms with van der Waals surface area (Å²) in [5.41, 5.74) is 1.21. The molecule has 2 unspecified atom stereocenters. The Morgan fingerprint density at radius 1 is 1.07 bits per heavy atom. The van der Waals surface area contributed by atoms with E-state index in [1.807, 2.05) is 19.1 Å². The van der Waals surface area contributed by atoms with Crippen LogP contribution in [-0.4, -0.2) is 58.7 Å². The smallest absolute Gasteiger partial charge is 0.218 e. The standard InChI is InChI=1S/C20H23FN6O2S/c1-2-18-22-23-19-6-7-20(24-27(18)19)25-9-15-11-26(12-16(15)10-25)30(28,29)13-14-4-3-5-17(21)8-14/h3-8,15-16H,2,9-13H2,1H3. The first-order valence-electron chi connectivity index (χ1n) is 10.1. The minimum atomic E-state index is -3.47. The molecule has 1 aromatic carbocycles. The van der Waals surface area contributed by atoms with Gasteiger partial charge in [0.2, 0.25) is 10.0 Å². The van der Waals surface area contributed by atoms with Crippen molar-refractivity contribution in [1.82, 2.24) is 24.1 Å². The number of rotatable bonds is 5. The van der Waals surface area contributed by atoms with E-state index in [1.165, 1.54) is 12.1 Å². The first kappa shape index (κ1) is 19.4. The molecular weight excluding hydrogens is 407 g/mol. The summed E-state index contributed by atoms with van der Waals surface area (Å²) in [4.78, 5) is 2.21. The molecule has 0 spiro atoms. The molecule has 8 nitrogen and oxygen atoms in total. The maximum Gasteiger partial charge on any atom is 0.218 e. The van der Waals surface area contributed by atoms with Crippen LogP contribution >= 0.6 is 0 Å². The van der Waals surface area contributed by atoms with Gasteiger partial charge in [0.05, 0.1) is 5.75 Å². The van der Waals surface area contributed by atoms with Gasteiger partial charge in [-0.3, -0.25) is 0 Å². The van der Waals surface area contributed by atoms with Gasteiger partial charge in [0, 0.05) is 32.6 Å². The fourth-order valence-corrected chi connectivity index (χ4v) is 6.13. The molecule has 2 aliphatic rings. The van der Waals surface area contributed by atoms with Crippen molar-refractivity contribution in [3.8, 4) is 0 Å². The van der Waals surface area contributed by atoms with Crippen molar-refractivity contribution in [1.29, 1.82) is 0 Å². The number of sulfonamides is 1. The highest BCUT2D eigenvalue weighted by Gasteiger charge is 2.44. The minimum absolute atomic E-state index is 0.167. The number of nitrogens with zero attached hydrogens (tertiary/aromatic N) is 6. The molecule has 10 heteroatoms. The van der Waals surface area contributed by atoms with Crippen LogP contribution in [0.25, 0.3) is 5.65 Å². The van der Waals surface area contributed by atoms with Gasteiger partial charge in [0.25, 0.3) is 0 Å². The van der Waals surface area contributed by atoms with E-state index in [-0.39, 0.29) is 17.6 Å². The van der Waals surface area contributed by atoms with Crippen LogP contribution in [0.3, 0.4) is 0 Å². The molecule has 30 heavy (non-hydrogen) atoms. The van der Waals surface area contributed by atoms with Crippen LogP contribution in [0.1, 0.15) is 18.3 Å². The summed E-state index contributed by atoms with van der Waals surface area (Å²) in [7, 11) is -3.47. The molecule has 4 heterocycles. The molecule has 3 aromatic rings. The Labute approximate surface area is 174 Å². The second-order valence-corrected chi connectivity index (χ2v) is 10.0. The van der Waals surface area contributed by atoms with Crippen LogP contribution in [0.15, 0.2) is 36.4 Å². The molecule has 2 atom stereocenters. The average Bonchev–Trinajstić information content (AvgIpc) is 3.40. The normalized spacial score (nSPS) is 22.1. The van der Waals surface area contributed by atoms with Gasteiger partial charge in [-0.25, -0.2) is 17.1 Å². The van der Waals surface area contributed by atoms with E-state index in [9.17, 15) is 12.8 Å². The summed E-state index contributed by atoms with van der Waals surface area (Å²) in [6, 6.07) is 9.66. The topological polar surface area (TPSA) is 83.7 Å². The third-order valence-corrected chi connectivity index (χ3v) is 7.82. The first-order valence-corrected chi connectivity index (χ1v) is 11.7. The van der Waals surface area contributed by atoms with Crippen molar-refractivity contribution >= 4 is 21.5 Å². The van der Waals surface area contributed by atoms with E-state index in [2.05, 4.69) is 15.1 Å². The number of anilines is 1. The maximum atomic E-state index is 13.4. The first-order chi connectivity index (χ1) is 14.4. The summed E-state index contributed by atoms with van der Waals surface area (Å²) in [6.07, 6.45) is 0.751. The number of halogens is 1. The zero-order chi connectivity index (χ0) is 20.9. The molecule has 0 N–H and O–H groups in total. The molecular formula is C20H23FN6O2S. The van der Waals surface area contributed by atoms with Crippen molar-refractivity contribution in [2.75, 3.05) is 31.1 Å². The van der Waals surface area contributed by atoms with Gasteiger partial charge in [-0.1, -0.05) is 19.1 Å². The van der Waals surface area contributed by atoms with Gasteiger partial charge in [-0.15, -0.1) is 15.3 Å². The zero-order valence-electron chi connectivity index (χ0n) is 16.6. The van der Waals surface area contributed by atoms with Crippen molar-refractivity contribution < 1.29 is 12.8 Å². The zero-order valence-corrected chi connectivity index (χ0v) is 17.5. The second kappa shape index (κ2) is 7.28. The molecule has 0 radical (unpaired) electrons. The summed E-state index contributed by atoms with van der Waals surface area (Å²) < 4.78 is 42.4. The quantitative estimate of drug-likeness (QED) is 0.613. The predicted octanol–water partition coefficient (Wildman–Crippen LogP) is 1.72. The summed E-state index contributed by atoms with van der Waals surface area (Å²) in [5.74, 6) is 1.62. The summed E-state index contributed by atoms with van der Waals surface area (Å²) in [5, 5.41) is 13.0. The van der Waals surface area contributed by atoms with Gasteiger partial charge < -0.3 is 4.90 Å². The largest absolute Gasteiger partial charge is 0.355 e. The van der Waals surface area contributed by atoms with Gasteiger partial charge in [0.15, 0.2) is 11.5 Å². The summed E-state index contributed by atoms with van der Waals surface area (Å²) in [6.45, 7) is 4.53. The Kier molecular flexibility index (Phi) is 4.70. The van der Waals surface area contributed by atoms with Crippen LogP contribution in [0, 0.1) is 17.7 Å². The number of benzene rings is 1. The average molecular weight is 431 g/mol. The number of fused-ring (bicyclic) bond motifs is 2. The molecule has 0 saturated carbocycles. The lowest BCUT2D eigenvalue weighted by molar-refractivity contribution is 0.452. The Morgan fingerprint density at radius 2 is 1.83 bits per heavy atom. The predicted molar refractivity (Wildman–Crippen MR) is 110 cm³/mol. The number of aryl methyl sites for hydroxylation is 1. The number of hydrogen-bond acceptors (Lipinski definition) is 6. The van der Waals surface area contributed by atoms with Crippen molar-refractivity contribution in [2.45, 2.75) is 19.1 Å². The molecule has 0 aliphatic carbocycles. The molecule has 0 amide bonds. The fraction of sp³-hybridized carbons (Fsp3) is 0.450. The van der Waals surface area contributed by atoms with Gasteiger partial charge in [-0.2, -0.15) is 4.52 Å². The van der Waals surface area contributed by atoms with Gasteiger partial charge in [0.1, 0.15) is 11.6 Å². The second-order valence-electron chi connectivity index (χ2n) is 8.06. The van der Waals surface area contributed by atoms with Gasteiger partial charge in [-0.05, 0) is 41.7 Å². The molecule has 2 fully saturated rings. The van der Waals surface area contributed by atoms with Crippen LogP contribution in [0.2, 0.25) is 0 Å². The molecule has 2 saturated heterocycles. The lowest BCUT2D eigenvalue weighted by atomic mass is 10.0. The fourth-order valence-electron chi connectivity index (χ4n) is 4.51. The highest BCUT2D eigenvalue weighted by atomic mass is 32.2. The highest BCUT2D eigenvalue weighted by Crippen LogP contribution is 2.35. The van der Waals surface area contributed by atoms with Crippen molar-refractivity contribution in [3.63, 3.8) is 0 Å². The Hall–Kier alpha value is -2.59. The van der Waals surface area contributed by atoms with Gasteiger partial charge >= 0.3 is 0 Å². The van der Waals surface area contributed by atoms with Crippen LogP contribution in [0.4, 0.5) is 10.2 Å². The van der Waals surface area contributed by atoms with E-state index in [0.717, 1.165) is 36.8 Å². The monoisotopic (exact) mass is 430 g/mol. The van der Waals surface area contributed by atoms with E-state index in [0.29, 0.717) is 18.7 Å². The lowest BCUT2D eigenvalue weighted by Crippen LogP contribution is -2.34. The SMILES string of the molecule is CCc1nnc2ccc(N3CC4CN(S(=O)(=O)Cc5cccc(F)c5)CC4C3)nn12. The van der Waals surface area contributed by atoms with E-state index in [1.54, 1.807) is 21.0 Å². The number of aromatic nitrogens is 4. The molecule has 2 aliphatic heterocycles. The molecule has 158 valence electrons. The van der Waals surface area contributed by atoms with Crippen LogP contribution < -0.4 is 4.90 Å². The number of hydrogen-bond donors (Lipinski definition) is 0. The minimum Gasteiger partial charge on any atom is -0.355 e. The van der Waals surface area contributed by atoms with Crippen LogP contribution in [-0.2, 0) is 22.2 Å². The van der Waals surface area contributed by atoms with Crippen molar-refractivity contribution in [2.24, 2.45) is 11.8 Å². The van der Waals surface area contributed by atoms with Crippen molar-refractivity contribution in [3.05, 3.63) is 53.6 Å². The Morgan fingerprint density at radius 3 is 2.53 bits per heavy atom. The van der Waals surface area contributed by atoms with E-state index >= 15 is 0 Å². The lowest BCUT2D eigenvalue weighted by Gasteiger charge is -2.22. The Balaban J connectivity index is 1.28. The maximum absolute atomic E-state index is 13.4. The highest BCUT2D eigenvalue weighted by molar-refractivity contribution is 7.88. The molecule has 0 bridgehead atoms. The molecule has 5 rings (SSSR count). The van der Waals surface area contributed by atoms with E-state index < -0.39 is 15.8 Å². The third-order valence-electron chi connectivity index (χ3n) is 6.04. The Bertz CT molecular complexity index is 1180. The van der Waals surface area contributed by atoms with E-state index in [4.69, 9.17) is 5.10 Å². The van der Waals surface area contributed by atoms with Crippen LogP contribution in [0.5, 0.6) is 0 Å².